The molecular weight excluding hydrogens is 280 g/mol. The number of alkyl halides is 1. The van der Waals surface area contributed by atoms with Gasteiger partial charge in [-0.1, -0.05) is 6.07 Å². The number of rotatable bonds is 6. The number of nitrogens with zero attached hydrogens (tertiary/aromatic N) is 2. The Kier molecular flexibility index (Phi) is 5.20. The van der Waals surface area contributed by atoms with Crippen LogP contribution in [0.5, 0.6) is 5.75 Å². The van der Waals surface area contributed by atoms with E-state index < -0.39 is 4.92 Å². The number of ether oxygens (including phenoxy) is 1. The van der Waals surface area contributed by atoms with Crippen molar-refractivity contribution in [1.29, 1.82) is 0 Å². The zero-order chi connectivity index (χ0) is 14.5. The summed E-state index contributed by atoms with van der Waals surface area (Å²) >= 11 is 6.39. The van der Waals surface area contributed by atoms with Crippen LogP contribution in [-0.4, -0.2) is 36.1 Å². The third kappa shape index (κ3) is 3.61. The minimum atomic E-state index is -0.423. The zero-order valence-corrected chi connectivity index (χ0v) is 12.3. The van der Waals surface area contributed by atoms with Crippen LogP contribution in [0.4, 0.5) is 5.69 Å². The summed E-state index contributed by atoms with van der Waals surface area (Å²) in [6, 6.07) is 4.97. The van der Waals surface area contributed by atoms with Crippen molar-refractivity contribution < 1.29 is 9.66 Å². The molecule has 0 amide bonds. The molecule has 0 aliphatic carbocycles. The molecule has 5 nitrogen and oxygen atoms in total. The lowest BCUT2D eigenvalue weighted by atomic mass is 10.1. The zero-order valence-electron chi connectivity index (χ0n) is 11.5. The highest BCUT2D eigenvalue weighted by Gasteiger charge is 2.21. The Labute approximate surface area is 123 Å². The van der Waals surface area contributed by atoms with Crippen molar-refractivity contribution >= 4 is 17.3 Å². The predicted octanol–water partition coefficient (Wildman–Crippen LogP) is 3.37. The summed E-state index contributed by atoms with van der Waals surface area (Å²) in [5.74, 6) is 0.297. The van der Waals surface area contributed by atoms with E-state index >= 15 is 0 Å². The maximum absolute atomic E-state index is 11.1. The maximum atomic E-state index is 11.1. The van der Waals surface area contributed by atoms with E-state index in [0.717, 1.165) is 25.2 Å². The van der Waals surface area contributed by atoms with Crippen LogP contribution in [-0.2, 0) is 0 Å². The van der Waals surface area contributed by atoms with Crippen molar-refractivity contribution in [1.82, 2.24) is 4.90 Å². The summed E-state index contributed by atoms with van der Waals surface area (Å²) in [6.07, 6.45) is 2.40. The predicted molar refractivity (Wildman–Crippen MR) is 78.5 cm³/mol. The van der Waals surface area contributed by atoms with Gasteiger partial charge in [-0.2, -0.15) is 0 Å². The number of benzene rings is 1. The molecule has 1 fully saturated rings. The average molecular weight is 299 g/mol. The molecule has 20 heavy (non-hydrogen) atoms. The molecule has 1 heterocycles. The first-order valence-corrected chi connectivity index (χ1v) is 7.33. The monoisotopic (exact) mass is 298 g/mol. The Morgan fingerprint density at radius 2 is 2.15 bits per heavy atom. The van der Waals surface area contributed by atoms with Gasteiger partial charge in [-0.25, -0.2) is 0 Å². The summed E-state index contributed by atoms with van der Waals surface area (Å²) < 4.78 is 5.27. The minimum Gasteiger partial charge on any atom is -0.487 e. The summed E-state index contributed by atoms with van der Waals surface area (Å²) in [7, 11) is 0. The molecule has 0 saturated carbocycles. The summed E-state index contributed by atoms with van der Waals surface area (Å²) in [5, 5.41) is 10.9. The first-order chi connectivity index (χ1) is 9.61. The number of likely N-dealkylation sites (tertiary alicyclic amines) is 1. The molecule has 0 N–H and O–H groups in total. The van der Waals surface area contributed by atoms with Crippen molar-refractivity contribution in [3.63, 3.8) is 0 Å². The number of nitro benzene ring substituents is 1. The lowest BCUT2D eigenvalue weighted by Gasteiger charge is -2.19. The van der Waals surface area contributed by atoms with Crippen LogP contribution in [0.1, 0.15) is 30.7 Å². The number of halogens is 1. The largest absolute Gasteiger partial charge is 0.487 e. The Morgan fingerprint density at radius 3 is 2.75 bits per heavy atom. The molecule has 110 valence electrons. The molecule has 1 aromatic carbocycles. The van der Waals surface area contributed by atoms with Crippen LogP contribution < -0.4 is 4.74 Å². The molecule has 6 heteroatoms. The van der Waals surface area contributed by atoms with Crippen molar-refractivity contribution in [3.05, 3.63) is 33.9 Å². The van der Waals surface area contributed by atoms with Gasteiger partial charge >= 0.3 is 5.69 Å². The van der Waals surface area contributed by atoms with E-state index in [1.165, 1.54) is 18.9 Å². The second-order valence-corrected chi connectivity index (χ2v) is 5.42. The summed E-state index contributed by atoms with van der Waals surface area (Å²) in [4.78, 5) is 13.0. The van der Waals surface area contributed by atoms with E-state index in [1.54, 1.807) is 13.0 Å². The highest BCUT2D eigenvalue weighted by Crippen LogP contribution is 2.33. The van der Waals surface area contributed by atoms with E-state index in [0.29, 0.717) is 12.4 Å². The maximum Gasteiger partial charge on any atom is 0.311 e. The summed E-state index contributed by atoms with van der Waals surface area (Å²) in [6.45, 7) is 5.05. The van der Waals surface area contributed by atoms with Crippen LogP contribution in [0.25, 0.3) is 0 Å². The van der Waals surface area contributed by atoms with Gasteiger partial charge in [0.05, 0.1) is 16.9 Å². The van der Waals surface area contributed by atoms with Crippen LogP contribution >= 0.6 is 11.6 Å². The normalized spacial score (nSPS) is 17.1. The van der Waals surface area contributed by atoms with E-state index in [2.05, 4.69) is 4.90 Å². The van der Waals surface area contributed by atoms with Gasteiger partial charge in [0.2, 0.25) is 0 Å². The smallest absolute Gasteiger partial charge is 0.311 e. The fourth-order valence-corrected chi connectivity index (χ4v) is 2.78. The van der Waals surface area contributed by atoms with Crippen LogP contribution in [0.3, 0.4) is 0 Å². The second-order valence-electron chi connectivity index (χ2n) is 4.89. The third-order valence-electron chi connectivity index (χ3n) is 3.46. The highest BCUT2D eigenvalue weighted by molar-refractivity contribution is 6.21. The lowest BCUT2D eigenvalue weighted by molar-refractivity contribution is -0.385. The average Bonchev–Trinajstić information content (AvgIpc) is 2.92. The van der Waals surface area contributed by atoms with E-state index in [4.69, 9.17) is 16.3 Å². The molecule has 0 spiro atoms. The second kappa shape index (κ2) is 6.90. The fourth-order valence-electron chi connectivity index (χ4n) is 2.45. The van der Waals surface area contributed by atoms with Crippen LogP contribution in [0.2, 0.25) is 0 Å². The lowest BCUT2D eigenvalue weighted by Crippen LogP contribution is -2.23. The first-order valence-electron chi connectivity index (χ1n) is 6.89. The topological polar surface area (TPSA) is 55.6 Å². The molecule has 1 unspecified atom stereocenters. The molecule has 1 aliphatic rings. The van der Waals surface area contributed by atoms with E-state index in [9.17, 15) is 10.1 Å². The molecule has 1 aliphatic heterocycles. The molecular formula is C14H19ClN2O3. The van der Waals surface area contributed by atoms with Gasteiger partial charge in [-0.3, -0.25) is 10.1 Å². The standard InChI is InChI=1S/C14H19ClN2O3/c1-2-20-14-6-5-11(9-13(14)17(18)19)12(15)10-16-7-3-4-8-16/h5-6,9,12H,2-4,7-8,10H2,1H3. The molecule has 0 radical (unpaired) electrons. The SMILES string of the molecule is CCOc1ccc(C(Cl)CN2CCCC2)cc1[N+](=O)[O-]. The first kappa shape index (κ1) is 15.1. The van der Waals surface area contributed by atoms with Gasteiger partial charge in [-0.15, -0.1) is 11.6 Å². The number of nitro groups is 1. The molecule has 0 aromatic heterocycles. The minimum absolute atomic E-state index is 0.0172. The Bertz CT molecular complexity index is 475. The number of hydrogen-bond acceptors (Lipinski definition) is 4. The summed E-state index contributed by atoms with van der Waals surface area (Å²) in [5.41, 5.74) is 0.755. The number of hydrogen-bond donors (Lipinski definition) is 0. The molecule has 2 rings (SSSR count). The van der Waals surface area contributed by atoms with Crippen LogP contribution in [0.15, 0.2) is 18.2 Å². The molecule has 1 aromatic rings. The van der Waals surface area contributed by atoms with Gasteiger partial charge in [0, 0.05) is 12.6 Å². The molecule has 1 atom stereocenters. The Balaban J connectivity index is 2.14. The Morgan fingerprint density at radius 1 is 1.45 bits per heavy atom. The van der Waals surface area contributed by atoms with Gasteiger partial charge in [-0.05, 0) is 44.5 Å². The van der Waals surface area contributed by atoms with Gasteiger partial charge < -0.3 is 9.64 Å². The molecule has 0 bridgehead atoms. The quantitative estimate of drug-likeness (QED) is 0.459. The Hall–Kier alpha value is -1.33. The highest BCUT2D eigenvalue weighted by atomic mass is 35.5. The van der Waals surface area contributed by atoms with E-state index in [1.807, 2.05) is 6.07 Å². The van der Waals surface area contributed by atoms with Crippen molar-refractivity contribution in [2.75, 3.05) is 26.2 Å². The fraction of sp³-hybridized carbons (Fsp3) is 0.571. The third-order valence-corrected chi connectivity index (χ3v) is 3.85. The van der Waals surface area contributed by atoms with Crippen LogP contribution in [0, 0.1) is 10.1 Å². The van der Waals surface area contributed by atoms with Gasteiger partial charge in [0.1, 0.15) is 0 Å². The van der Waals surface area contributed by atoms with Crippen molar-refractivity contribution in [2.24, 2.45) is 0 Å². The van der Waals surface area contributed by atoms with Gasteiger partial charge in [0.25, 0.3) is 0 Å². The van der Waals surface area contributed by atoms with Crippen molar-refractivity contribution in [2.45, 2.75) is 25.1 Å². The van der Waals surface area contributed by atoms with E-state index in [-0.39, 0.29) is 11.1 Å². The molecule has 1 saturated heterocycles. The van der Waals surface area contributed by atoms with Gasteiger partial charge in [0.15, 0.2) is 5.75 Å². The van der Waals surface area contributed by atoms with Crippen molar-refractivity contribution in [3.8, 4) is 5.75 Å².